The van der Waals surface area contributed by atoms with Crippen molar-refractivity contribution in [3.05, 3.63) is 46.0 Å². The molecule has 1 aliphatic heterocycles. The van der Waals surface area contributed by atoms with E-state index in [4.69, 9.17) is 23.2 Å². The van der Waals surface area contributed by atoms with Gasteiger partial charge < -0.3 is 19.7 Å². The summed E-state index contributed by atoms with van der Waals surface area (Å²) < 4.78 is 1.75. The summed E-state index contributed by atoms with van der Waals surface area (Å²) in [6, 6.07) is 2.88. The van der Waals surface area contributed by atoms with Crippen LogP contribution in [0.15, 0.2) is 29.6 Å². The highest BCUT2D eigenvalue weighted by Gasteiger charge is 2.30. The highest BCUT2D eigenvalue weighted by atomic mass is 35.5. The molecular formula is C23H30Cl2N4O4S. The minimum absolute atomic E-state index is 0.0283. The Morgan fingerprint density at radius 3 is 2.56 bits per heavy atom. The maximum absolute atomic E-state index is 12.7. The third-order valence-corrected chi connectivity index (χ3v) is 7.95. The molecule has 0 spiro atoms. The second-order valence-corrected chi connectivity index (χ2v) is 10.1. The number of carbonyl (C=O) groups is 2. The van der Waals surface area contributed by atoms with Crippen molar-refractivity contribution in [1.82, 2.24) is 19.8 Å². The number of aromatic nitrogens is 2. The van der Waals surface area contributed by atoms with Crippen molar-refractivity contribution < 1.29 is 19.8 Å². The van der Waals surface area contributed by atoms with Crippen LogP contribution in [0, 0.1) is 5.92 Å². The SMILES string of the molecule is CSc1ccc(CCC(=O)N2CCC(C(O)NC(Cc3cn(C)cn3)C(=O)O)CC2)c(Cl)c1Cl. The molecule has 34 heavy (non-hydrogen) atoms. The van der Waals surface area contributed by atoms with Crippen molar-refractivity contribution in [2.24, 2.45) is 13.0 Å². The molecule has 1 fully saturated rings. The Bertz CT molecular complexity index is 1010. The van der Waals surface area contributed by atoms with Gasteiger partial charge in [0.15, 0.2) is 0 Å². The number of aliphatic hydroxyl groups excluding tert-OH is 1. The molecular weight excluding hydrogens is 499 g/mol. The van der Waals surface area contributed by atoms with E-state index in [1.807, 2.05) is 25.4 Å². The summed E-state index contributed by atoms with van der Waals surface area (Å²) >= 11 is 14.2. The fourth-order valence-electron chi connectivity index (χ4n) is 4.13. The number of halogens is 2. The van der Waals surface area contributed by atoms with Gasteiger partial charge in [-0.2, -0.15) is 0 Å². The van der Waals surface area contributed by atoms with E-state index in [1.165, 1.54) is 11.8 Å². The quantitative estimate of drug-likeness (QED) is 0.321. The van der Waals surface area contributed by atoms with Crippen molar-refractivity contribution in [3.63, 3.8) is 0 Å². The number of nitrogens with zero attached hydrogens (tertiary/aromatic N) is 3. The molecule has 11 heteroatoms. The first-order valence-electron chi connectivity index (χ1n) is 11.1. The second-order valence-electron chi connectivity index (χ2n) is 8.51. The molecule has 1 saturated heterocycles. The third-order valence-electron chi connectivity index (χ3n) is 6.14. The van der Waals surface area contributed by atoms with Crippen LogP contribution >= 0.6 is 35.0 Å². The van der Waals surface area contributed by atoms with Crippen molar-refractivity contribution in [2.75, 3.05) is 19.3 Å². The fraction of sp³-hybridized carbons (Fsp3) is 0.522. The summed E-state index contributed by atoms with van der Waals surface area (Å²) in [6.07, 6.45) is 6.50. The molecule has 0 radical (unpaired) electrons. The number of hydrogen-bond donors (Lipinski definition) is 3. The van der Waals surface area contributed by atoms with Gasteiger partial charge in [0, 0.05) is 50.0 Å². The predicted octanol–water partition coefficient (Wildman–Crippen LogP) is 3.22. The molecule has 1 aromatic heterocycles. The Hall–Kier alpha value is -1.78. The number of aliphatic hydroxyl groups is 1. The summed E-state index contributed by atoms with van der Waals surface area (Å²) in [5.74, 6) is -1.15. The highest BCUT2D eigenvalue weighted by Crippen LogP contribution is 2.35. The van der Waals surface area contributed by atoms with Crippen LogP contribution in [0.4, 0.5) is 0 Å². The molecule has 0 aliphatic carbocycles. The van der Waals surface area contributed by atoms with Crippen LogP contribution in [-0.4, -0.2) is 68.2 Å². The Morgan fingerprint density at radius 1 is 1.26 bits per heavy atom. The van der Waals surface area contributed by atoms with Crippen LogP contribution < -0.4 is 5.32 Å². The largest absolute Gasteiger partial charge is 0.480 e. The molecule has 3 N–H and O–H groups in total. The number of imidazole rings is 1. The zero-order valence-corrected chi connectivity index (χ0v) is 21.5. The summed E-state index contributed by atoms with van der Waals surface area (Å²) in [6.45, 7) is 1.03. The van der Waals surface area contributed by atoms with Crippen molar-refractivity contribution in [1.29, 1.82) is 0 Å². The lowest BCUT2D eigenvalue weighted by Gasteiger charge is -2.35. The number of thioether (sulfide) groups is 1. The van der Waals surface area contributed by atoms with Crippen LogP contribution in [0.1, 0.15) is 30.5 Å². The molecule has 8 nitrogen and oxygen atoms in total. The lowest BCUT2D eigenvalue weighted by molar-refractivity contribution is -0.141. The lowest BCUT2D eigenvalue weighted by atomic mass is 9.94. The van der Waals surface area contributed by atoms with Gasteiger partial charge in [0.2, 0.25) is 5.91 Å². The normalized spacial score (nSPS) is 16.4. The molecule has 2 heterocycles. The smallest absolute Gasteiger partial charge is 0.321 e. The fourth-order valence-corrected chi connectivity index (χ4v) is 5.34. The highest BCUT2D eigenvalue weighted by molar-refractivity contribution is 7.98. The number of rotatable bonds is 10. The van der Waals surface area contributed by atoms with Crippen LogP contribution in [0.5, 0.6) is 0 Å². The van der Waals surface area contributed by atoms with Gasteiger partial charge >= 0.3 is 5.97 Å². The maximum atomic E-state index is 12.7. The summed E-state index contributed by atoms with van der Waals surface area (Å²) in [5.41, 5.74) is 1.49. The van der Waals surface area contributed by atoms with Crippen molar-refractivity contribution in [2.45, 2.75) is 49.3 Å². The molecule has 0 bridgehead atoms. The number of amides is 1. The molecule has 1 amide bonds. The molecule has 2 aromatic rings. The van der Waals surface area contributed by atoms with Crippen molar-refractivity contribution >= 4 is 46.8 Å². The number of aryl methyl sites for hydroxylation is 2. The molecule has 1 aromatic carbocycles. The number of hydrogen-bond acceptors (Lipinski definition) is 6. The van der Waals surface area contributed by atoms with E-state index >= 15 is 0 Å². The maximum Gasteiger partial charge on any atom is 0.321 e. The van der Waals surface area contributed by atoms with Crippen LogP contribution in [0.25, 0.3) is 0 Å². The first-order chi connectivity index (χ1) is 16.2. The Morgan fingerprint density at radius 2 is 1.97 bits per heavy atom. The Balaban J connectivity index is 1.47. The number of carboxylic acids is 1. The summed E-state index contributed by atoms with van der Waals surface area (Å²) in [5, 5.41) is 24.0. The van der Waals surface area contributed by atoms with E-state index in [0.29, 0.717) is 54.5 Å². The van der Waals surface area contributed by atoms with Crippen LogP contribution in [0.3, 0.4) is 0 Å². The minimum Gasteiger partial charge on any atom is -0.480 e. The average molecular weight is 529 g/mol. The lowest BCUT2D eigenvalue weighted by Crippen LogP contribution is -2.50. The molecule has 2 atom stereocenters. The molecule has 2 unspecified atom stereocenters. The standard InChI is InChI=1S/C23H30Cl2N4O4S/c1-28-12-16(26-13-28)11-17(23(32)33)27-22(31)15-7-9-29(10-8-15)19(30)6-4-14-3-5-18(34-2)21(25)20(14)24/h3,5,12-13,15,17,22,27,31H,4,6-11H2,1-2H3,(H,32,33). The van der Waals surface area contributed by atoms with Gasteiger partial charge in [-0.1, -0.05) is 29.3 Å². The van der Waals surface area contributed by atoms with Gasteiger partial charge in [-0.25, -0.2) is 4.98 Å². The van der Waals surface area contributed by atoms with Crippen molar-refractivity contribution in [3.8, 4) is 0 Å². The number of likely N-dealkylation sites (tertiary alicyclic amines) is 1. The third kappa shape index (κ3) is 6.88. The van der Waals surface area contributed by atoms with E-state index in [1.54, 1.807) is 22.0 Å². The van der Waals surface area contributed by atoms with Gasteiger partial charge in [-0.05, 0) is 37.1 Å². The van der Waals surface area contributed by atoms with Gasteiger partial charge in [0.1, 0.15) is 12.3 Å². The van der Waals surface area contributed by atoms with Crippen LogP contribution in [-0.2, 0) is 29.5 Å². The topological polar surface area (TPSA) is 108 Å². The minimum atomic E-state index is -1.04. The van der Waals surface area contributed by atoms with Crippen LogP contribution in [0.2, 0.25) is 10.0 Å². The first-order valence-corrected chi connectivity index (χ1v) is 13.1. The first kappa shape index (κ1) is 26.8. The Labute approximate surface area is 213 Å². The second kappa shape index (κ2) is 12.3. The number of carboxylic acid groups (broad SMARTS) is 1. The molecule has 3 rings (SSSR count). The number of aliphatic carboxylic acids is 1. The number of nitrogens with one attached hydrogen (secondary N) is 1. The van der Waals surface area contributed by atoms with E-state index in [0.717, 1.165) is 10.5 Å². The summed E-state index contributed by atoms with van der Waals surface area (Å²) in [7, 11) is 1.81. The Kier molecular flexibility index (Phi) is 9.67. The monoisotopic (exact) mass is 528 g/mol. The predicted molar refractivity (Wildman–Crippen MR) is 133 cm³/mol. The van der Waals surface area contributed by atoms with E-state index in [9.17, 15) is 19.8 Å². The van der Waals surface area contributed by atoms with E-state index in [-0.39, 0.29) is 18.2 Å². The number of carbonyl (C=O) groups excluding carboxylic acids is 1. The number of benzene rings is 1. The molecule has 186 valence electrons. The van der Waals surface area contributed by atoms with Gasteiger partial charge in [0.25, 0.3) is 0 Å². The number of piperidine rings is 1. The molecule has 0 saturated carbocycles. The zero-order chi connectivity index (χ0) is 24.8. The molecule has 1 aliphatic rings. The summed E-state index contributed by atoms with van der Waals surface area (Å²) in [4.78, 5) is 31.2. The van der Waals surface area contributed by atoms with Gasteiger partial charge in [0.05, 0.1) is 22.1 Å². The van der Waals surface area contributed by atoms with E-state index < -0.39 is 18.2 Å². The van der Waals surface area contributed by atoms with Gasteiger partial charge in [-0.3, -0.25) is 14.9 Å². The van der Waals surface area contributed by atoms with E-state index in [2.05, 4.69) is 10.3 Å². The average Bonchev–Trinajstić information content (AvgIpc) is 3.24. The zero-order valence-electron chi connectivity index (χ0n) is 19.2. The van der Waals surface area contributed by atoms with Gasteiger partial charge in [-0.15, -0.1) is 11.8 Å².